The molecule has 0 radical (unpaired) electrons. The summed E-state index contributed by atoms with van der Waals surface area (Å²) in [5.41, 5.74) is 2.01. The van der Waals surface area contributed by atoms with Crippen LogP contribution >= 0.6 is 0 Å². The number of nitrogens with zero attached hydrogens (tertiary/aromatic N) is 4. The molecule has 2 aliphatic heterocycles. The van der Waals surface area contributed by atoms with Gasteiger partial charge in [0.2, 0.25) is 27.7 Å². The van der Waals surface area contributed by atoms with Gasteiger partial charge in [-0.3, -0.25) is 9.59 Å². The predicted molar refractivity (Wildman–Crippen MR) is 126 cm³/mol. The van der Waals surface area contributed by atoms with Crippen molar-refractivity contribution in [3.05, 3.63) is 47.1 Å². The Bertz CT molecular complexity index is 1140. The Hall–Kier alpha value is -2.83. The van der Waals surface area contributed by atoms with Crippen molar-refractivity contribution in [1.82, 2.24) is 24.7 Å². The molecule has 0 spiro atoms. The second kappa shape index (κ2) is 10.8. The van der Waals surface area contributed by atoms with E-state index in [1.165, 1.54) is 4.90 Å². The summed E-state index contributed by atoms with van der Waals surface area (Å²) in [6, 6.07) is 5.89. The molecule has 190 valence electrons. The van der Waals surface area contributed by atoms with Crippen molar-refractivity contribution in [3.63, 3.8) is 0 Å². The lowest BCUT2D eigenvalue weighted by molar-refractivity contribution is -0.146. The van der Waals surface area contributed by atoms with Gasteiger partial charge in [-0.05, 0) is 32.3 Å². The van der Waals surface area contributed by atoms with Crippen molar-refractivity contribution in [1.29, 1.82) is 0 Å². The molecule has 0 unspecified atom stereocenters. The average molecular weight is 506 g/mol. The number of ether oxygens (including phenoxy) is 1. The summed E-state index contributed by atoms with van der Waals surface area (Å²) in [6.07, 6.45) is 0.683. The number of hydrogen-bond acceptors (Lipinski definition) is 8. The predicted octanol–water partition coefficient (Wildman–Crippen LogP) is 0.219. The number of aryl methyl sites for hydroxylation is 3. The first-order chi connectivity index (χ1) is 16.7. The molecule has 35 heavy (non-hydrogen) atoms. The van der Waals surface area contributed by atoms with Crippen LogP contribution in [0.3, 0.4) is 0 Å². The van der Waals surface area contributed by atoms with E-state index in [4.69, 9.17) is 9.26 Å². The first kappa shape index (κ1) is 25.3. The summed E-state index contributed by atoms with van der Waals surface area (Å²) in [5.74, 6) is -0.0993. The highest BCUT2D eigenvalue weighted by atomic mass is 32.2. The molecule has 2 aliphatic rings. The van der Waals surface area contributed by atoms with Crippen molar-refractivity contribution in [2.75, 3.05) is 38.6 Å². The third-order valence-corrected chi connectivity index (χ3v) is 7.65. The Balaban J connectivity index is 1.43. The Morgan fingerprint density at radius 1 is 1.17 bits per heavy atom. The SMILES string of the molecule is Cc1ccc(CCS(=O)(=O)N[C@H]2CCN([C@@H](Cc3nc(C)no3)C(=O)N3CCOCC3)C2=O)cc1. The molecule has 2 aromatic rings. The topological polar surface area (TPSA) is 135 Å². The highest BCUT2D eigenvalue weighted by Gasteiger charge is 2.42. The zero-order chi connectivity index (χ0) is 25.0. The fourth-order valence-corrected chi connectivity index (χ4v) is 5.59. The lowest BCUT2D eigenvalue weighted by atomic mass is 10.1. The van der Waals surface area contributed by atoms with E-state index >= 15 is 0 Å². The third kappa shape index (κ3) is 6.44. The van der Waals surface area contributed by atoms with E-state index in [1.807, 2.05) is 31.2 Å². The van der Waals surface area contributed by atoms with Gasteiger partial charge in [0.1, 0.15) is 12.1 Å². The molecule has 0 saturated carbocycles. The van der Waals surface area contributed by atoms with Crippen LogP contribution in [0.15, 0.2) is 28.8 Å². The molecule has 3 heterocycles. The molecular formula is C23H31N5O6S. The molecule has 1 N–H and O–H groups in total. The minimum absolute atomic E-state index is 0.0651. The van der Waals surface area contributed by atoms with Crippen LogP contribution in [0.1, 0.15) is 29.3 Å². The quantitative estimate of drug-likeness (QED) is 0.511. The Morgan fingerprint density at radius 3 is 2.54 bits per heavy atom. The average Bonchev–Trinajstić information content (AvgIpc) is 3.42. The van der Waals surface area contributed by atoms with Crippen LogP contribution in [0.5, 0.6) is 0 Å². The fraction of sp³-hybridized carbons (Fsp3) is 0.565. The molecule has 11 nitrogen and oxygen atoms in total. The second-order valence-corrected chi connectivity index (χ2v) is 10.8. The lowest BCUT2D eigenvalue weighted by Gasteiger charge is -2.34. The van der Waals surface area contributed by atoms with E-state index in [1.54, 1.807) is 11.8 Å². The fourth-order valence-electron chi connectivity index (χ4n) is 4.32. The van der Waals surface area contributed by atoms with Crippen molar-refractivity contribution in [2.24, 2.45) is 0 Å². The van der Waals surface area contributed by atoms with Crippen LogP contribution in [0, 0.1) is 13.8 Å². The van der Waals surface area contributed by atoms with Crippen LogP contribution < -0.4 is 4.72 Å². The van der Waals surface area contributed by atoms with Crippen LogP contribution in [0.4, 0.5) is 0 Å². The second-order valence-electron chi connectivity index (χ2n) is 8.94. The van der Waals surface area contributed by atoms with Gasteiger partial charge in [0, 0.05) is 19.6 Å². The Kier molecular flexibility index (Phi) is 7.82. The Labute approximate surface area is 204 Å². The standard InChI is InChI=1S/C23H31N5O6S/c1-16-3-5-18(6-4-16)8-14-35(31,32)26-19-7-9-28(22(19)29)20(15-21-24-17(2)25-34-21)23(30)27-10-12-33-13-11-27/h3-6,19-20,26H,7-15H2,1-2H3/t19-,20-/m0/s1. The van der Waals surface area contributed by atoms with Crippen LogP contribution in [-0.4, -0.2) is 90.9 Å². The van der Waals surface area contributed by atoms with Gasteiger partial charge in [-0.1, -0.05) is 35.0 Å². The molecule has 1 aromatic carbocycles. The van der Waals surface area contributed by atoms with E-state index in [9.17, 15) is 18.0 Å². The highest BCUT2D eigenvalue weighted by Crippen LogP contribution is 2.21. The summed E-state index contributed by atoms with van der Waals surface area (Å²) < 4.78 is 38.5. The summed E-state index contributed by atoms with van der Waals surface area (Å²) in [4.78, 5) is 33.9. The number of sulfonamides is 1. The first-order valence-electron chi connectivity index (χ1n) is 11.7. The molecule has 2 atom stereocenters. The van der Waals surface area contributed by atoms with E-state index in [0.29, 0.717) is 38.5 Å². The van der Waals surface area contributed by atoms with Crippen molar-refractivity contribution in [3.8, 4) is 0 Å². The minimum Gasteiger partial charge on any atom is -0.378 e. The van der Waals surface area contributed by atoms with Gasteiger partial charge in [0.05, 0.1) is 25.4 Å². The number of rotatable bonds is 9. The van der Waals surface area contributed by atoms with Gasteiger partial charge in [0.25, 0.3) is 0 Å². The maximum Gasteiger partial charge on any atom is 0.246 e. The number of aromatic nitrogens is 2. The number of amides is 2. The summed E-state index contributed by atoms with van der Waals surface area (Å²) in [7, 11) is -3.70. The third-order valence-electron chi connectivity index (χ3n) is 6.26. The van der Waals surface area contributed by atoms with E-state index < -0.39 is 28.0 Å². The van der Waals surface area contributed by atoms with Crippen LogP contribution in [-0.2, 0) is 37.2 Å². The number of morpholine rings is 1. The molecule has 2 fully saturated rings. The number of carbonyl (C=O) groups excluding carboxylic acids is 2. The molecule has 4 rings (SSSR count). The van der Waals surface area contributed by atoms with Crippen LogP contribution in [0.2, 0.25) is 0 Å². The normalized spacial score (nSPS) is 19.8. The van der Waals surface area contributed by atoms with E-state index in [2.05, 4.69) is 14.9 Å². The summed E-state index contributed by atoms with van der Waals surface area (Å²) in [5, 5.41) is 3.77. The lowest BCUT2D eigenvalue weighted by Crippen LogP contribution is -2.54. The molecule has 0 bridgehead atoms. The van der Waals surface area contributed by atoms with Crippen molar-refractivity contribution >= 4 is 21.8 Å². The van der Waals surface area contributed by atoms with Gasteiger partial charge >= 0.3 is 0 Å². The molecule has 0 aliphatic carbocycles. The summed E-state index contributed by atoms with van der Waals surface area (Å²) >= 11 is 0. The van der Waals surface area contributed by atoms with Crippen LogP contribution in [0.25, 0.3) is 0 Å². The molecular weight excluding hydrogens is 474 g/mol. The molecule has 2 amide bonds. The van der Waals surface area contributed by atoms with Crippen molar-refractivity contribution in [2.45, 2.75) is 45.2 Å². The maximum atomic E-state index is 13.4. The number of nitrogens with one attached hydrogen (secondary N) is 1. The van der Waals surface area contributed by atoms with Crippen molar-refractivity contribution < 1.29 is 27.3 Å². The minimum atomic E-state index is -3.70. The number of likely N-dealkylation sites (tertiary alicyclic amines) is 1. The van der Waals surface area contributed by atoms with Gasteiger partial charge in [-0.2, -0.15) is 4.98 Å². The first-order valence-corrected chi connectivity index (χ1v) is 13.4. The van der Waals surface area contributed by atoms with E-state index in [-0.39, 0.29) is 36.9 Å². The van der Waals surface area contributed by atoms with E-state index in [0.717, 1.165) is 11.1 Å². The smallest absolute Gasteiger partial charge is 0.246 e. The molecule has 2 saturated heterocycles. The zero-order valence-corrected chi connectivity index (χ0v) is 20.8. The van der Waals surface area contributed by atoms with Gasteiger partial charge in [-0.15, -0.1) is 0 Å². The largest absolute Gasteiger partial charge is 0.378 e. The number of hydrogen-bond donors (Lipinski definition) is 1. The monoisotopic (exact) mass is 505 g/mol. The highest BCUT2D eigenvalue weighted by molar-refractivity contribution is 7.89. The van der Waals surface area contributed by atoms with Gasteiger partial charge in [-0.25, -0.2) is 13.1 Å². The maximum absolute atomic E-state index is 13.4. The summed E-state index contributed by atoms with van der Waals surface area (Å²) in [6.45, 7) is 5.60. The number of carbonyl (C=O) groups is 2. The Morgan fingerprint density at radius 2 is 1.89 bits per heavy atom. The van der Waals surface area contributed by atoms with Gasteiger partial charge < -0.3 is 19.1 Å². The van der Waals surface area contributed by atoms with Gasteiger partial charge in [0.15, 0.2) is 5.82 Å². The molecule has 12 heteroatoms. The zero-order valence-electron chi connectivity index (χ0n) is 20.0. The number of benzene rings is 1. The molecule has 1 aromatic heterocycles.